The molecule has 5 saturated carbocycles. The Labute approximate surface area is 207 Å². The second-order valence-electron chi connectivity index (χ2n) is 13.4. The van der Waals surface area contributed by atoms with Gasteiger partial charge in [-0.2, -0.15) is 0 Å². The molecule has 4 nitrogen and oxygen atoms in total. The predicted molar refractivity (Wildman–Crippen MR) is 134 cm³/mol. The molecule has 0 spiro atoms. The van der Waals surface area contributed by atoms with Crippen LogP contribution in [0.4, 0.5) is 0 Å². The van der Waals surface area contributed by atoms with E-state index in [1.54, 1.807) is 0 Å². The summed E-state index contributed by atoms with van der Waals surface area (Å²) in [5, 5.41) is 10.3. The second kappa shape index (κ2) is 10.0. The van der Waals surface area contributed by atoms with Crippen molar-refractivity contribution in [1.29, 1.82) is 0 Å². The molecule has 0 aromatic carbocycles. The van der Waals surface area contributed by atoms with Gasteiger partial charge in [-0.1, -0.05) is 51.4 Å². The number of hydrogen-bond donors (Lipinski definition) is 1. The normalized spacial score (nSPS) is 47.9. The van der Waals surface area contributed by atoms with E-state index < -0.39 is 0 Å². The highest BCUT2D eigenvalue weighted by Gasteiger charge is 2.53. The lowest BCUT2D eigenvalue weighted by Crippen LogP contribution is -2.61. The van der Waals surface area contributed by atoms with Gasteiger partial charge in [0.15, 0.2) is 0 Å². The van der Waals surface area contributed by atoms with E-state index in [0.29, 0.717) is 41.7 Å². The zero-order valence-electron chi connectivity index (χ0n) is 21.6. The molecule has 0 amide bonds. The summed E-state index contributed by atoms with van der Waals surface area (Å²) in [4.78, 5) is 16.9. The Balaban J connectivity index is 1.23. The molecule has 6 aliphatic rings. The highest BCUT2D eigenvalue weighted by molar-refractivity contribution is 5.74. The highest BCUT2D eigenvalue weighted by Crippen LogP contribution is 2.52. The first kappa shape index (κ1) is 23.8. The largest absolute Gasteiger partial charge is 0.462 e. The van der Waals surface area contributed by atoms with Gasteiger partial charge in [0, 0.05) is 12.1 Å². The monoisotopic (exact) mass is 471 g/mol. The number of rotatable bonds is 3. The van der Waals surface area contributed by atoms with Gasteiger partial charge in [0.05, 0.1) is 12.0 Å². The van der Waals surface area contributed by atoms with E-state index in [9.17, 15) is 9.90 Å². The van der Waals surface area contributed by atoms with Crippen LogP contribution in [0.3, 0.4) is 0 Å². The third-order valence-corrected chi connectivity index (χ3v) is 11.8. The SMILES string of the molecule is CN1C2CCCCC2C(C(=O)OC2CC3CCC(O)CC3CC2C2CCCC2)C2CCCCC21. The van der Waals surface area contributed by atoms with Gasteiger partial charge < -0.3 is 9.84 Å². The summed E-state index contributed by atoms with van der Waals surface area (Å²) in [5.41, 5.74) is 0. The van der Waals surface area contributed by atoms with Crippen molar-refractivity contribution < 1.29 is 14.6 Å². The summed E-state index contributed by atoms with van der Waals surface area (Å²) in [6, 6.07) is 1.18. The fraction of sp³-hybridized carbons (Fsp3) is 0.967. The minimum atomic E-state index is -0.102. The lowest BCUT2D eigenvalue weighted by atomic mass is 9.61. The Hall–Kier alpha value is -0.610. The van der Waals surface area contributed by atoms with Crippen LogP contribution < -0.4 is 0 Å². The molecule has 192 valence electrons. The molecule has 6 fully saturated rings. The Morgan fingerprint density at radius 2 is 1.29 bits per heavy atom. The molecule has 0 aromatic rings. The van der Waals surface area contributed by atoms with Crippen LogP contribution in [-0.2, 0) is 9.53 Å². The van der Waals surface area contributed by atoms with Crippen LogP contribution in [0.1, 0.15) is 109 Å². The Morgan fingerprint density at radius 1 is 0.676 bits per heavy atom. The lowest BCUT2D eigenvalue weighted by molar-refractivity contribution is -0.179. The van der Waals surface area contributed by atoms with Crippen LogP contribution in [0.5, 0.6) is 0 Å². The quantitative estimate of drug-likeness (QED) is 0.516. The van der Waals surface area contributed by atoms with E-state index >= 15 is 0 Å². The van der Waals surface area contributed by atoms with Gasteiger partial charge in [-0.15, -0.1) is 0 Å². The number of likely N-dealkylation sites (tertiary alicyclic amines) is 1. The van der Waals surface area contributed by atoms with E-state index in [1.807, 2.05) is 0 Å². The van der Waals surface area contributed by atoms with Crippen molar-refractivity contribution in [2.24, 2.45) is 41.4 Å². The van der Waals surface area contributed by atoms with Gasteiger partial charge in [-0.05, 0) is 100 Å². The number of ether oxygens (including phenoxy) is 1. The van der Waals surface area contributed by atoms with E-state index in [-0.39, 0.29) is 24.1 Å². The summed E-state index contributed by atoms with van der Waals surface area (Å²) < 4.78 is 6.74. The van der Waals surface area contributed by atoms with Crippen LogP contribution in [0.15, 0.2) is 0 Å². The molecule has 1 saturated heterocycles. The molecule has 5 aliphatic carbocycles. The summed E-state index contributed by atoms with van der Waals surface area (Å²) in [6.45, 7) is 0. The fourth-order valence-electron chi connectivity index (χ4n) is 10.2. The molecule has 9 unspecified atom stereocenters. The zero-order chi connectivity index (χ0) is 23.2. The van der Waals surface area contributed by atoms with E-state index in [1.165, 1.54) is 83.5 Å². The summed E-state index contributed by atoms with van der Waals surface area (Å²) in [6.07, 6.45) is 20.9. The Bertz CT molecular complexity index is 696. The molecule has 1 heterocycles. The maximum absolute atomic E-state index is 14.2. The summed E-state index contributed by atoms with van der Waals surface area (Å²) in [7, 11) is 2.36. The minimum absolute atomic E-state index is 0.102. The van der Waals surface area contributed by atoms with Gasteiger partial charge in [0.2, 0.25) is 0 Å². The molecule has 0 aromatic heterocycles. The van der Waals surface area contributed by atoms with Gasteiger partial charge in [-0.25, -0.2) is 0 Å². The average Bonchev–Trinajstić information content (AvgIpc) is 3.39. The molecule has 1 N–H and O–H groups in total. The average molecular weight is 472 g/mol. The number of nitrogens with zero attached hydrogens (tertiary/aromatic N) is 1. The maximum atomic E-state index is 14.2. The van der Waals surface area contributed by atoms with Crippen molar-refractivity contribution in [3.05, 3.63) is 0 Å². The van der Waals surface area contributed by atoms with Crippen LogP contribution in [0.2, 0.25) is 0 Å². The second-order valence-corrected chi connectivity index (χ2v) is 13.4. The third-order valence-electron chi connectivity index (χ3n) is 11.8. The first-order valence-electron chi connectivity index (χ1n) is 15.2. The summed E-state index contributed by atoms with van der Waals surface area (Å²) >= 11 is 0. The van der Waals surface area contributed by atoms with Crippen LogP contribution in [0.25, 0.3) is 0 Å². The number of piperidine rings is 1. The number of carbonyl (C=O) groups is 1. The van der Waals surface area contributed by atoms with Gasteiger partial charge >= 0.3 is 5.97 Å². The number of fused-ring (bicyclic) bond motifs is 3. The number of carbonyl (C=O) groups excluding carboxylic acids is 1. The van der Waals surface area contributed by atoms with Crippen molar-refractivity contribution in [3.63, 3.8) is 0 Å². The van der Waals surface area contributed by atoms with Gasteiger partial charge in [-0.3, -0.25) is 9.69 Å². The number of aliphatic hydroxyl groups excluding tert-OH is 1. The molecule has 34 heavy (non-hydrogen) atoms. The Kier molecular flexibility index (Phi) is 7.02. The summed E-state index contributed by atoms with van der Waals surface area (Å²) in [5.74, 6) is 3.94. The van der Waals surface area contributed by atoms with Gasteiger partial charge in [0.1, 0.15) is 6.10 Å². The molecule has 0 radical (unpaired) electrons. The Morgan fingerprint density at radius 3 is 1.97 bits per heavy atom. The molecular formula is C30H49NO3. The molecule has 9 atom stereocenters. The number of esters is 1. The fourth-order valence-corrected chi connectivity index (χ4v) is 10.2. The first-order chi connectivity index (χ1) is 16.6. The maximum Gasteiger partial charge on any atom is 0.309 e. The zero-order valence-corrected chi connectivity index (χ0v) is 21.6. The highest BCUT2D eigenvalue weighted by atomic mass is 16.5. The first-order valence-corrected chi connectivity index (χ1v) is 15.2. The third kappa shape index (κ3) is 4.38. The van der Waals surface area contributed by atoms with E-state index in [0.717, 1.165) is 31.6 Å². The minimum Gasteiger partial charge on any atom is -0.462 e. The number of aliphatic hydroxyl groups is 1. The predicted octanol–water partition coefficient (Wildman–Crippen LogP) is 5.95. The smallest absolute Gasteiger partial charge is 0.309 e. The van der Waals surface area contributed by atoms with E-state index in [4.69, 9.17) is 4.74 Å². The van der Waals surface area contributed by atoms with Crippen molar-refractivity contribution in [1.82, 2.24) is 4.90 Å². The van der Waals surface area contributed by atoms with Gasteiger partial charge in [0.25, 0.3) is 0 Å². The molecule has 4 heteroatoms. The van der Waals surface area contributed by atoms with Crippen LogP contribution in [-0.4, -0.2) is 47.3 Å². The lowest BCUT2D eigenvalue weighted by Gasteiger charge is -2.56. The van der Waals surface area contributed by atoms with Crippen LogP contribution in [0, 0.1) is 41.4 Å². The molecule has 1 aliphatic heterocycles. The van der Waals surface area contributed by atoms with Crippen molar-refractivity contribution in [3.8, 4) is 0 Å². The van der Waals surface area contributed by atoms with Crippen molar-refractivity contribution >= 4 is 5.97 Å². The van der Waals surface area contributed by atoms with Crippen molar-refractivity contribution in [2.75, 3.05) is 7.05 Å². The van der Waals surface area contributed by atoms with E-state index in [2.05, 4.69) is 11.9 Å². The topological polar surface area (TPSA) is 49.8 Å². The van der Waals surface area contributed by atoms with Crippen LogP contribution >= 0.6 is 0 Å². The van der Waals surface area contributed by atoms with Crippen molar-refractivity contribution in [2.45, 2.75) is 133 Å². The molecular weight excluding hydrogens is 422 g/mol. The molecule has 0 bridgehead atoms. The number of hydrogen-bond acceptors (Lipinski definition) is 4. The standard InChI is InChI=1S/C30H49NO3/c1-31-26-12-6-4-10-23(26)29(24-11-5-7-13-27(24)31)30(33)34-28-18-20-14-15-22(32)16-21(20)17-25(28)19-8-2-3-9-19/h19-29,32H,2-18H2,1H3. The molecule has 6 rings (SSSR count).